The zero-order valence-corrected chi connectivity index (χ0v) is 8.65. The SMILES string of the molecule is CC(C)c1ccc2nc(C(F)(F)F)nn2n1. The number of hydrogen-bond acceptors (Lipinski definition) is 3. The van der Waals surface area contributed by atoms with Gasteiger partial charge in [-0.2, -0.15) is 18.3 Å². The van der Waals surface area contributed by atoms with Crippen molar-refractivity contribution in [2.45, 2.75) is 25.9 Å². The van der Waals surface area contributed by atoms with Gasteiger partial charge in [0, 0.05) is 0 Å². The van der Waals surface area contributed by atoms with Crippen LogP contribution in [0, 0.1) is 0 Å². The van der Waals surface area contributed by atoms with Crippen LogP contribution < -0.4 is 0 Å². The monoisotopic (exact) mass is 230 g/mol. The van der Waals surface area contributed by atoms with Crippen molar-refractivity contribution in [2.24, 2.45) is 0 Å². The normalized spacial score (nSPS) is 12.6. The molecule has 86 valence electrons. The van der Waals surface area contributed by atoms with Crippen molar-refractivity contribution >= 4 is 5.65 Å². The molecule has 2 aromatic rings. The third-order valence-corrected chi connectivity index (χ3v) is 2.07. The highest BCUT2D eigenvalue weighted by molar-refractivity contribution is 5.36. The summed E-state index contributed by atoms with van der Waals surface area (Å²) in [6, 6.07) is 3.12. The van der Waals surface area contributed by atoms with Crippen molar-refractivity contribution in [1.82, 2.24) is 19.8 Å². The second kappa shape index (κ2) is 3.43. The van der Waals surface area contributed by atoms with E-state index in [4.69, 9.17) is 0 Å². The Balaban J connectivity index is 2.54. The maximum atomic E-state index is 12.3. The number of alkyl halides is 3. The summed E-state index contributed by atoms with van der Waals surface area (Å²) in [4.78, 5) is 3.35. The van der Waals surface area contributed by atoms with Gasteiger partial charge in [0.2, 0.25) is 0 Å². The average molecular weight is 230 g/mol. The van der Waals surface area contributed by atoms with E-state index in [-0.39, 0.29) is 11.6 Å². The Hall–Kier alpha value is -1.66. The molecule has 0 saturated heterocycles. The maximum Gasteiger partial charge on any atom is 0.453 e. The zero-order chi connectivity index (χ0) is 11.9. The molecule has 2 heterocycles. The van der Waals surface area contributed by atoms with Gasteiger partial charge in [-0.05, 0) is 18.1 Å². The molecule has 0 atom stereocenters. The van der Waals surface area contributed by atoms with Crippen LogP contribution >= 0.6 is 0 Å². The minimum absolute atomic E-state index is 0.0942. The molecule has 7 heteroatoms. The third-order valence-electron chi connectivity index (χ3n) is 2.07. The molecule has 0 saturated carbocycles. The molecular weight excluding hydrogens is 221 g/mol. The van der Waals surface area contributed by atoms with E-state index in [0.717, 1.165) is 4.63 Å². The van der Waals surface area contributed by atoms with Gasteiger partial charge in [0.05, 0.1) is 5.69 Å². The van der Waals surface area contributed by atoms with Crippen LogP contribution in [-0.4, -0.2) is 19.8 Å². The first kappa shape index (κ1) is 10.8. The minimum Gasteiger partial charge on any atom is -0.201 e. The Labute approximate surface area is 89.1 Å². The fourth-order valence-electron chi connectivity index (χ4n) is 1.22. The molecule has 2 aromatic heterocycles. The van der Waals surface area contributed by atoms with Crippen molar-refractivity contribution < 1.29 is 13.2 Å². The molecule has 0 unspecified atom stereocenters. The highest BCUT2D eigenvalue weighted by atomic mass is 19.4. The number of rotatable bonds is 1. The molecule has 0 radical (unpaired) electrons. The number of fused-ring (bicyclic) bond motifs is 1. The van der Waals surface area contributed by atoms with Crippen LogP contribution in [0.1, 0.15) is 31.3 Å². The molecule has 0 aliphatic rings. The van der Waals surface area contributed by atoms with Crippen LogP contribution in [-0.2, 0) is 6.18 Å². The summed E-state index contributed by atoms with van der Waals surface area (Å²) in [5.41, 5.74) is 0.767. The van der Waals surface area contributed by atoms with Crippen LogP contribution in [0.15, 0.2) is 12.1 Å². The fourth-order valence-corrected chi connectivity index (χ4v) is 1.22. The largest absolute Gasteiger partial charge is 0.453 e. The van der Waals surface area contributed by atoms with Crippen molar-refractivity contribution in [1.29, 1.82) is 0 Å². The first-order valence-electron chi connectivity index (χ1n) is 4.69. The average Bonchev–Trinajstić information content (AvgIpc) is 2.58. The topological polar surface area (TPSA) is 43.1 Å². The summed E-state index contributed by atoms with van der Waals surface area (Å²) < 4.78 is 37.9. The standard InChI is InChI=1S/C9H9F3N4/c1-5(2)6-3-4-7-13-8(9(10,11)12)15-16(7)14-6/h3-5H,1-2H3. The van der Waals surface area contributed by atoms with Gasteiger partial charge in [-0.15, -0.1) is 9.73 Å². The maximum absolute atomic E-state index is 12.3. The van der Waals surface area contributed by atoms with E-state index >= 15 is 0 Å². The van der Waals surface area contributed by atoms with Crippen LogP contribution in [0.2, 0.25) is 0 Å². The second-order valence-electron chi connectivity index (χ2n) is 3.69. The second-order valence-corrected chi connectivity index (χ2v) is 3.69. The Morgan fingerprint density at radius 3 is 2.44 bits per heavy atom. The van der Waals surface area contributed by atoms with Gasteiger partial charge in [-0.1, -0.05) is 13.8 Å². The smallest absolute Gasteiger partial charge is 0.201 e. The molecule has 0 aliphatic heterocycles. The number of nitrogens with zero attached hydrogens (tertiary/aromatic N) is 4. The number of halogens is 3. The van der Waals surface area contributed by atoms with Gasteiger partial charge in [-0.3, -0.25) is 0 Å². The van der Waals surface area contributed by atoms with Gasteiger partial charge in [0.1, 0.15) is 0 Å². The number of aromatic nitrogens is 4. The van der Waals surface area contributed by atoms with Gasteiger partial charge in [0.15, 0.2) is 5.65 Å². The van der Waals surface area contributed by atoms with Crippen molar-refractivity contribution in [3.05, 3.63) is 23.7 Å². The highest BCUT2D eigenvalue weighted by Gasteiger charge is 2.36. The molecule has 4 nitrogen and oxygen atoms in total. The van der Waals surface area contributed by atoms with E-state index < -0.39 is 12.0 Å². The first-order valence-corrected chi connectivity index (χ1v) is 4.69. The molecule has 0 amide bonds. The van der Waals surface area contributed by atoms with Crippen molar-refractivity contribution in [2.75, 3.05) is 0 Å². The molecule has 0 aromatic carbocycles. The summed E-state index contributed by atoms with van der Waals surface area (Å²) in [7, 11) is 0. The summed E-state index contributed by atoms with van der Waals surface area (Å²) in [5.74, 6) is -1.04. The molecular formula is C9H9F3N4. The third kappa shape index (κ3) is 1.84. The van der Waals surface area contributed by atoms with Gasteiger partial charge >= 0.3 is 6.18 Å². The Bertz CT molecular complexity index is 515. The van der Waals surface area contributed by atoms with Crippen molar-refractivity contribution in [3.8, 4) is 0 Å². The molecule has 2 rings (SSSR count). The molecule has 0 spiro atoms. The van der Waals surface area contributed by atoms with Gasteiger partial charge < -0.3 is 0 Å². The van der Waals surface area contributed by atoms with Crippen LogP contribution in [0.3, 0.4) is 0 Å². The van der Waals surface area contributed by atoms with Crippen LogP contribution in [0.5, 0.6) is 0 Å². The summed E-state index contributed by atoms with van der Waals surface area (Å²) in [6.45, 7) is 3.80. The lowest BCUT2D eigenvalue weighted by Crippen LogP contribution is -2.08. The summed E-state index contributed by atoms with van der Waals surface area (Å²) in [6.07, 6.45) is -4.54. The van der Waals surface area contributed by atoms with Crippen LogP contribution in [0.25, 0.3) is 5.65 Å². The summed E-state index contributed by atoms with van der Waals surface area (Å²) in [5, 5.41) is 7.25. The predicted octanol–water partition coefficient (Wildman–Crippen LogP) is 2.27. The van der Waals surface area contributed by atoms with E-state index in [1.165, 1.54) is 6.07 Å². The minimum atomic E-state index is -4.54. The Kier molecular flexibility index (Phi) is 2.32. The molecule has 0 aliphatic carbocycles. The summed E-state index contributed by atoms with van der Waals surface area (Å²) >= 11 is 0. The fraction of sp³-hybridized carbons (Fsp3) is 0.444. The molecule has 0 bridgehead atoms. The Morgan fingerprint density at radius 2 is 1.88 bits per heavy atom. The molecule has 16 heavy (non-hydrogen) atoms. The lowest BCUT2D eigenvalue weighted by atomic mass is 10.1. The number of hydrogen-bond donors (Lipinski definition) is 0. The first-order chi connectivity index (χ1) is 7.38. The molecule has 0 N–H and O–H groups in total. The lowest BCUT2D eigenvalue weighted by molar-refractivity contribution is -0.144. The predicted molar refractivity (Wildman–Crippen MR) is 49.9 cm³/mol. The van der Waals surface area contributed by atoms with Crippen molar-refractivity contribution in [3.63, 3.8) is 0 Å². The zero-order valence-electron chi connectivity index (χ0n) is 8.65. The van der Waals surface area contributed by atoms with E-state index in [9.17, 15) is 13.2 Å². The quantitative estimate of drug-likeness (QED) is 0.754. The highest BCUT2D eigenvalue weighted by Crippen LogP contribution is 2.26. The van der Waals surface area contributed by atoms with Crippen LogP contribution in [0.4, 0.5) is 13.2 Å². The molecule has 0 fully saturated rings. The lowest BCUT2D eigenvalue weighted by Gasteiger charge is -2.02. The van der Waals surface area contributed by atoms with E-state index in [0.29, 0.717) is 5.69 Å². The van der Waals surface area contributed by atoms with E-state index in [2.05, 4.69) is 15.2 Å². The van der Waals surface area contributed by atoms with E-state index in [1.807, 2.05) is 13.8 Å². The van der Waals surface area contributed by atoms with E-state index in [1.54, 1.807) is 6.07 Å². The van der Waals surface area contributed by atoms with Gasteiger partial charge in [-0.25, -0.2) is 4.98 Å². The van der Waals surface area contributed by atoms with Gasteiger partial charge in [0.25, 0.3) is 5.82 Å². The Morgan fingerprint density at radius 1 is 1.19 bits per heavy atom.